The topological polar surface area (TPSA) is 44.0 Å². The molecule has 1 saturated heterocycles. The van der Waals surface area contributed by atoms with E-state index in [4.69, 9.17) is 0 Å². The second kappa shape index (κ2) is 5.22. The van der Waals surface area contributed by atoms with Crippen LogP contribution in [0.4, 0.5) is 8.78 Å². The summed E-state index contributed by atoms with van der Waals surface area (Å²) in [6.45, 7) is 4.53. The number of fused-ring (bicyclic) bond motifs is 1. The second-order valence-corrected chi connectivity index (χ2v) is 4.82. The van der Waals surface area contributed by atoms with Gasteiger partial charge >= 0.3 is 0 Å². The summed E-state index contributed by atoms with van der Waals surface area (Å²) in [5.74, 6) is -1.05. The summed E-state index contributed by atoms with van der Waals surface area (Å²) >= 11 is 0. The van der Waals surface area contributed by atoms with Crippen molar-refractivity contribution < 1.29 is 8.78 Å². The second-order valence-electron chi connectivity index (χ2n) is 4.82. The lowest BCUT2D eigenvalue weighted by Gasteiger charge is -2.17. The average molecular weight is 266 g/mol. The summed E-state index contributed by atoms with van der Waals surface area (Å²) in [6.07, 6.45) is 1.09. The molecule has 1 fully saturated rings. The Bertz CT molecular complexity index is 573. The summed E-state index contributed by atoms with van der Waals surface area (Å²) in [4.78, 5) is 9.47. The Morgan fingerprint density at radius 2 is 2.11 bits per heavy atom. The first kappa shape index (κ1) is 12.5. The highest BCUT2D eigenvalue weighted by Crippen LogP contribution is 2.18. The van der Waals surface area contributed by atoms with Gasteiger partial charge in [0.1, 0.15) is 11.3 Å². The van der Waals surface area contributed by atoms with Crippen LogP contribution in [0.5, 0.6) is 0 Å². The molecule has 2 heterocycles. The molecule has 3 rings (SSSR count). The molecule has 0 saturated carbocycles. The maximum Gasteiger partial charge on any atom is 0.186 e. The van der Waals surface area contributed by atoms with E-state index in [1.165, 1.54) is 6.07 Å². The molecule has 2 aromatic rings. The fraction of sp³-hybridized carbons (Fsp3) is 0.462. The monoisotopic (exact) mass is 266 g/mol. The van der Waals surface area contributed by atoms with E-state index >= 15 is 0 Å². The van der Waals surface area contributed by atoms with Crippen molar-refractivity contribution in [1.82, 2.24) is 20.2 Å². The molecule has 0 spiro atoms. The normalized spacial score (nSPS) is 17.8. The molecular formula is C13H16F2N4. The minimum absolute atomic E-state index is 0.0861. The van der Waals surface area contributed by atoms with Gasteiger partial charge in [-0.15, -0.1) is 0 Å². The lowest BCUT2D eigenvalue weighted by Crippen LogP contribution is -2.28. The van der Waals surface area contributed by atoms with Gasteiger partial charge in [-0.2, -0.15) is 0 Å². The van der Waals surface area contributed by atoms with Gasteiger partial charge in [0.25, 0.3) is 0 Å². The molecule has 0 unspecified atom stereocenters. The van der Waals surface area contributed by atoms with Crippen LogP contribution >= 0.6 is 0 Å². The van der Waals surface area contributed by atoms with Crippen molar-refractivity contribution in [2.24, 2.45) is 0 Å². The first-order valence-electron chi connectivity index (χ1n) is 6.50. The SMILES string of the molecule is Fc1ccc2[nH]c(CN3CCCNCC3)nc2c1F. The Morgan fingerprint density at radius 3 is 3.00 bits per heavy atom. The lowest BCUT2D eigenvalue weighted by atomic mass is 10.3. The van der Waals surface area contributed by atoms with E-state index in [2.05, 4.69) is 20.2 Å². The van der Waals surface area contributed by atoms with E-state index in [0.29, 0.717) is 17.9 Å². The Balaban J connectivity index is 1.83. The number of benzene rings is 1. The highest BCUT2D eigenvalue weighted by atomic mass is 19.2. The molecule has 1 aliphatic heterocycles. The van der Waals surface area contributed by atoms with E-state index in [9.17, 15) is 8.78 Å². The predicted molar refractivity (Wildman–Crippen MR) is 68.8 cm³/mol. The third kappa shape index (κ3) is 2.59. The van der Waals surface area contributed by atoms with Crippen molar-refractivity contribution in [3.05, 3.63) is 29.6 Å². The molecule has 4 nitrogen and oxygen atoms in total. The van der Waals surface area contributed by atoms with E-state index in [1.54, 1.807) is 0 Å². The van der Waals surface area contributed by atoms with Crippen LogP contribution in [0.2, 0.25) is 0 Å². The number of hydrogen-bond acceptors (Lipinski definition) is 3. The third-order valence-electron chi connectivity index (χ3n) is 3.40. The standard InChI is InChI=1S/C13H16F2N4/c14-9-2-3-10-13(12(9)15)18-11(17-10)8-19-6-1-4-16-5-7-19/h2-3,16H,1,4-8H2,(H,17,18). The van der Waals surface area contributed by atoms with Gasteiger partial charge in [-0.3, -0.25) is 4.90 Å². The summed E-state index contributed by atoms with van der Waals surface area (Å²) in [6, 6.07) is 2.64. The molecule has 19 heavy (non-hydrogen) atoms. The largest absolute Gasteiger partial charge is 0.341 e. The van der Waals surface area contributed by atoms with Gasteiger partial charge in [-0.05, 0) is 31.6 Å². The highest BCUT2D eigenvalue weighted by molar-refractivity contribution is 5.75. The third-order valence-corrected chi connectivity index (χ3v) is 3.40. The van der Waals surface area contributed by atoms with Gasteiger partial charge in [-0.1, -0.05) is 0 Å². The fourth-order valence-corrected chi connectivity index (χ4v) is 2.41. The van der Waals surface area contributed by atoms with Gasteiger partial charge < -0.3 is 10.3 Å². The summed E-state index contributed by atoms with van der Waals surface area (Å²) in [7, 11) is 0. The predicted octanol–water partition coefficient (Wildman–Crippen LogP) is 1.64. The number of aromatic nitrogens is 2. The number of nitrogens with one attached hydrogen (secondary N) is 2. The number of aromatic amines is 1. The number of imidazole rings is 1. The number of hydrogen-bond donors (Lipinski definition) is 2. The van der Waals surface area contributed by atoms with Gasteiger partial charge in [-0.25, -0.2) is 13.8 Å². The maximum absolute atomic E-state index is 13.6. The van der Waals surface area contributed by atoms with E-state index in [0.717, 1.165) is 38.7 Å². The van der Waals surface area contributed by atoms with Gasteiger partial charge in [0, 0.05) is 13.1 Å². The molecule has 0 atom stereocenters. The van der Waals surface area contributed by atoms with E-state index in [-0.39, 0.29) is 5.52 Å². The van der Waals surface area contributed by atoms with E-state index < -0.39 is 11.6 Å². The first-order chi connectivity index (χ1) is 9.24. The summed E-state index contributed by atoms with van der Waals surface area (Å²) in [5, 5.41) is 3.32. The van der Waals surface area contributed by atoms with Crippen LogP contribution in [-0.2, 0) is 6.54 Å². The van der Waals surface area contributed by atoms with Gasteiger partial charge in [0.2, 0.25) is 0 Å². The van der Waals surface area contributed by atoms with Crippen molar-refractivity contribution in [2.45, 2.75) is 13.0 Å². The molecule has 2 N–H and O–H groups in total. The van der Waals surface area contributed by atoms with Gasteiger partial charge in [0.05, 0.1) is 12.1 Å². The molecule has 6 heteroatoms. The zero-order valence-corrected chi connectivity index (χ0v) is 10.5. The van der Waals surface area contributed by atoms with Gasteiger partial charge in [0.15, 0.2) is 11.6 Å². The Kier molecular flexibility index (Phi) is 3.44. The smallest absolute Gasteiger partial charge is 0.186 e. The number of rotatable bonds is 2. The number of nitrogens with zero attached hydrogens (tertiary/aromatic N) is 2. The minimum Gasteiger partial charge on any atom is -0.341 e. The molecule has 0 bridgehead atoms. The molecule has 0 amide bonds. The lowest BCUT2D eigenvalue weighted by molar-refractivity contribution is 0.278. The molecule has 0 aliphatic carbocycles. The van der Waals surface area contributed by atoms with Crippen LogP contribution in [0, 0.1) is 11.6 Å². The Labute approximate surface area is 109 Å². The van der Waals surface area contributed by atoms with Crippen molar-refractivity contribution in [2.75, 3.05) is 26.2 Å². The highest BCUT2D eigenvalue weighted by Gasteiger charge is 2.14. The molecule has 1 aliphatic rings. The zero-order chi connectivity index (χ0) is 13.2. The van der Waals surface area contributed by atoms with Crippen molar-refractivity contribution in [3.8, 4) is 0 Å². The fourth-order valence-electron chi connectivity index (χ4n) is 2.41. The molecule has 102 valence electrons. The van der Waals surface area contributed by atoms with Crippen molar-refractivity contribution >= 4 is 11.0 Å². The number of halogens is 2. The molecular weight excluding hydrogens is 250 g/mol. The minimum atomic E-state index is -0.877. The van der Waals surface area contributed by atoms with Crippen molar-refractivity contribution in [3.63, 3.8) is 0 Å². The molecule has 1 aromatic heterocycles. The quantitative estimate of drug-likeness (QED) is 0.868. The van der Waals surface area contributed by atoms with Crippen LogP contribution in [0.3, 0.4) is 0 Å². The molecule has 0 radical (unpaired) electrons. The Morgan fingerprint density at radius 1 is 1.21 bits per heavy atom. The van der Waals surface area contributed by atoms with Crippen molar-refractivity contribution in [1.29, 1.82) is 0 Å². The van der Waals surface area contributed by atoms with Crippen LogP contribution in [0.1, 0.15) is 12.2 Å². The molecule has 1 aromatic carbocycles. The van der Waals surface area contributed by atoms with Crippen LogP contribution in [0.25, 0.3) is 11.0 Å². The number of H-pyrrole nitrogens is 1. The summed E-state index contributed by atoms with van der Waals surface area (Å²) < 4.78 is 26.7. The first-order valence-corrected chi connectivity index (χ1v) is 6.50. The van der Waals surface area contributed by atoms with Crippen LogP contribution in [-0.4, -0.2) is 41.0 Å². The maximum atomic E-state index is 13.6. The average Bonchev–Trinajstić information content (AvgIpc) is 2.63. The van der Waals surface area contributed by atoms with Crippen LogP contribution in [0.15, 0.2) is 12.1 Å². The Hall–Kier alpha value is -1.53. The summed E-state index contributed by atoms with van der Waals surface area (Å²) in [5.41, 5.74) is 0.629. The zero-order valence-electron chi connectivity index (χ0n) is 10.5. The van der Waals surface area contributed by atoms with Crippen LogP contribution < -0.4 is 5.32 Å². The van der Waals surface area contributed by atoms with E-state index in [1.807, 2.05) is 0 Å².